The third-order valence-corrected chi connectivity index (χ3v) is 4.51. The lowest BCUT2D eigenvalue weighted by atomic mass is 9.94. The predicted octanol–water partition coefficient (Wildman–Crippen LogP) is 2.03. The third kappa shape index (κ3) is 3.42. The van der Waals surface area contributed by atoms with Crippen molar-refractivity contribution in [2.24, 2.45) is 0 Å². The van der Waals surface area contributed by atoms with Gasteiger partial charge in [0.05, 0.1) is 11.2 Å². The van der Waals surface area contributed by atoms with Crippen molar-refractivity contribution in [3.05, 3.63) is 46.7 Å². The summed E-state index contributed by atoms with van der Waals surface area (Å²) in [5.74, 6) is 0.186. The second-order valence-electron chi connectivity index (χ2n) is 5.85. The van der Waals surface area contributed by atoms with Crippen LogP contribution < -0.4 is 21.7 Å². The number of nitrogens with two attached hydrogens (primary N) is 1. The van der Waals surface area contributed by atoms with Gasteiger partial charge in [0.25, 0.3) is 0 Å². The van der Waals surface area contributed by atoms with Gasteiger partial charge in [-0.3, -0.25) is 0 Å². The second-order valence-corrected chi connectivity index (χ2v) is 6.26. The number of amides is 2. The average molecular weight is 347 g/mol. The number of urea groups is 1. The molecule has 0 radical (unpaired) electrons. The van der Waals surface area contributed by atoms with Crippen molar-refractivity contribution < 1.29 is 4.79 Å². The zero-order valence-electron chi connectivity index (χ0n) is 13.3. The number of aryl methyl sites for hydroxylation is 1. The fourth-order valence-electron chi connectivity index (χ4n) is 2.77. The molecule has 7 nitrogen and oxygen atoms in total. The van der Waals surface area contributed by atoms with Gasteiger partial charge >= 0.3 is 6.03 Å². The quantitative estimate of drug-likeness (QED) is 0.680. The Morgan fingerprint density at radius 1 is 1.42 bits per heavy atom. The van der Waals surface area contributed by atoms with Gasteiger partial charge in [-0.05, 0) is 43.7 Å². The smallest absolute Gasteiger partial charge is 0.320 e. The highest BCUT2D eigenvalue weighted by atomic mass is 35.5. The molecule has 1 aliphatic rings. The minimum Gasteiger partial charge on any atom is -0.368 e. The monoisotopic (exact) mass is 346 g/mol. The lowest BCUT2D eigenvalue weighted by Gasteiger charge is -2.29. The van der Waals surface area contributed by atoms with Crippen LogP contribution >= 0.6 is 11.6 Å². The first-order chi connectivity index (χ1) is 11.5. The van der Waals surface area contributed by atoms with Crippen LogP contribution in [0.5, 0.6) is 0 Å². The number of hydrogen-bond acceptors (Lipinski definition) is 5. The largest absolute Gasteiger partial charge is 0.368 e. The molecule has 0 saturated carbocycles. The Hall–Kier alpha value is -2.38. The minimum atomic E-state index is -0.615. The van der Waals surface area contributed by atoms with Gasteiger partial charge in [-0.25, -0.2) is 14.8 Å². The molecule has 0 spiro atoms. The van der Waals surface area contributed by atoms with Crippen molar-refractivity contribution in [3.63, 3.8) is 0 Å². The van der Waals surface area contributed by atoms with Crippen LogP contribution in [0.25, 0.3) is 0 Å². The first-order valence-electron chi connectivity index (χ1n) is 7.64. The molecule has 0 bridgehead atoms. The van der Waals surface area contributed by atoms with E-state index in [0.717, 1.165) is 12.1 Å². The molecule has 3 rings (SSSR count). The van der Waals surface area contributed by atoms with Crippen LogP contribution in [0.1, 0.15) is 17.7 Å². The highest BCUT2D eigenvalue weighted by molar-refractivity contribution is 6.31. The van der Waals surface area contributed by atoms with E-state index in [9.17, 15) is 4.79 Å². The summed E-state index contributed by atoms with van der Waals surface area (Å²) in [6.45, 7) is 3.26. The predicted molar refractivity (Wildman–Crippen MR) is 94.0 cm³/mol. The van der Waals surface area contributed by atoms with Crippen LogP contribution in [0.15, 0.2) is 30.5 Å². The van der Waals surface area contributed by atoms with E-state index in [4.69, 9.17) is 17.3 Å². The number of benzene rings is 1. The topological polar surface area (TPSA) is 105 Å². The maximum absolute atomic E-state index is 12.5. The van der Waals surface area contributed by atoms with Gasteiger partial charge in [-0.15, -0.1) is 0 Å². The Morgan fingerprint density at radius 2 is 2.25 bits per heavy atom. The number of halogens is 1. The van der Waals surface area contributed by atoms with Gasteiger partial charge in [0.1, 0.15) is 0 Å². The Morgan fingerprint density at radius 3 is 2.92 bits per heavy atom. The number of nitrogen functional groups attached to an aromatic ring is 1. The van der Waals surface area contributed by atoms with Crippen LogP contribution in [0.2, 0.25) is 5.02 Å². The summed E-state index contributed by atoms with van der Waals surface area (Å²) in [4.78, 5) is 20.6. The highest BCUT2D eigenvalue weighted by Gasteiger charge is 2.38. The molecule has 2 heterocycles. The van der Waals surface area contributed by atoms with E-state index in [0.29, 0.717) is 29.4 Å². The molecule has 0 aliphatic carbocycles. The summed E-state index contributed by atoms with van der Waals surface area (Å²) in [6, 6.07) is 6.83. The molecule has 2 aromatic rings. The van der Waals surface area contributed by atoms with E-state index in [1.165, 1.54) is 0 Å². The van der Waals surface area contributed by atoms with Crippen molar-refractivity contribution in [1.29, 1.82) is 0 Å². The van der Waals surface area contributed by atoms with Gasteiger partial charge in [-0.1, -0.05) is 17.7 Å². The maximum atomic E-state index is 12.5. The molecule has 1 aromatic heterocycles. The molecule has 1 aliphatic heterocycles. The molecule has 0 unspecified atom stereocenters. The lowest BCUT2D eigenvalue weighted by Crippen LogP contribution is -2.49. The highest BCUT2D eigenvalue weighted by Crippen LogP contribution is 2.27. The van der Waals surface area contributed by atoms with E-state index in [1.54, 1.807) is 18.3 Å². The zero-order valence-corrected chi connectivity index (χ0v) is 14.0. The SMILES string of the molecule is Cc1ccc(NC(=O)N[C@@]2(c3ccnc(N)n3)CCNC2)cc1Cl. The van der Waals surface area contributed by atoms with Crippen molar-refractivity contribution in [1.82, 2.24) is 20.6 Å². The Bertz CT molecular complexity index is 760. The van der Waals surface area contributed by atoms with Crippen LogP contribution in [-0.4, -0.2) is 29.1 Å². The normalized spacial score (nSPS) is 19.9. The average Bonchev–Trinajstić information content (AvgIpc) is 3.00. The molecular weight excluding hydrogens is 328 g/mol. The van der Waals surface area contributed by atoms with Crippen molar-refractivity contribution >= 4 is 29.3 Å². The number of rotatable bonds is 3. The number of nitrogens with zero attached hydrogens (tertiary/aromatic N) is 2. The molecule has 24 heavy (non-hydrogen) atoms. The molecule has 8 heteroatoms. The molecule has 5 N–H and O–H groups in total. The number of hydrogen-bond donors (Lipinski definition) is 4. The van der Waals surface area contributed by atoms with E-state index in [-0.39, 0.29) is 12.0 Å². The van der Waals surface area contributed by atoms with Gasteiger partial charge < -0.3 is 21.7 Å². The number of carbonyl (C=O) groups is 1. The molecule has 1 aromatic carbocycles. The van der Waals surface area contributed by atoms with Crippen molar-refractivity contribution in [2.45, 2.75) is 18.9 Å². The number of aromatic nitrogens is 2. The van der Waals surface area contributed by atoms with Crippen LogP contribution in [0.3, 0.4) is 0 Å². The van der Waals surface area contributed by atoms with E-state index in [2.05, 4.69) is 25.9 Å². The first-order valence-corrected chi connectivity index (χ1v) is 8.01. The summed E-state index contributed by atoms with van der Waals surface area (Å²) in [6.07, 6.45) is 2.31. The zero-order chi connectivity index (χ0) is 17.2. The van der Waals surface area contributed by atoms with E-state index >= 15 is 0 Å². The molecule has 2 amide bonds. The van der Waals surface area contributed by atoms with Crippen LogP contribution in [0.4, 0.5) is 16.4 Å². The number of anilines is 2. The molecule has 1 fully saturated rings. The fourth-order valence-corrected chi connectivity index (χ4v) is 2.95. The van der Waals surface area contributed by atoms with Crippen molar-refractivity contribution in [3.8, 4) is 0 Å². The van der Waals surface area contributed by atoms with E-state index in [1.807, 2.05) is 19.1 Å². The fraction of sp³-hybridized carbons (Fsp3) is 0.312. The molecule has 1 atom stereocenters. The van der Waals surface area contributed by atoms with Crippen molar-refractivity contribution in [2.75, 3.05) is 24.1 Å². The maximum Gasteiger partial charge on any atom is 0.320 e. The minimum absolute atomic E-state index is 0.186. The second kappa shape index (κ2) is 6.62. The summed E-state index contributed by atoms with van der Waals surface area (Å²) < 4.78 is 0. The number of carbonyl (C=O) groups excluding carboxylic acids is 1. The summed E-state index contributed by atoms with van der Waals surface area (Å²) in [5.41, 5.74) is 7.35. The van der Waals surface area contributed by atoms with Gasteiger partial charge in [0.2, 0.25) is 5.95 Å². The van der Waals surface area contributed by atoms with Gasteiger partial charge in [0, 0.05) is 23.5 Å². The Kier molecular flexibility index (Phi) is 4.55. The van der Waals surface area contributed by atoms with Crippen LogP contribution in [0, 0.1) is 6.92 Å². The van der Waals surface area contributed by atoms with Gasteiger partial charge in [-0.2, -0.15) is 0 Å². The Balaban J connectivity index is 1.78. The van der Waals surface area contributed by atoms with Gasteiger partial charge in [0.15, 0.2) is 0 Å². The Labute approximate surface area is 145 Å². The van der Waals surface area contributed by atoms with E-state index < -0.39 is 5.54 Å². The summed E-state index contributed by atoms with van der Waals surface area (Å²) in [7, 11) is 0. The number of nitrogens with one attached hydrogen (secondary N) is 3. The lowest BCUT2D eigenvalue weighted by molar-refractivity contribution is 0.238. The molecule has 1 saturated heterocycles. The third-order valence-electron chi connectivity index (χ3n) is 4.10. The molecular formula is C16H19ClN6O. The van der Waals surface area contributed by atoms with Crippen LogP contribution in [-0.2, 0) is 5.54 Å². The molecule has 126 valence electrons. The standard InChI is InChI=1S/C16H19ClN6O/c1-10-2-3-11(8-12(10)17)21-15(24)23-16(5-7-19-9-16)13-4-6-20-14(18)22-13/h2-4,6,8,19H,5,7,9H2,1H3,(H2,18,20,22)(H2,21,23,24)/t16-/m0/s1. The summed E-state index contributed by atoms with van der Waals surface area (Å²) in [5, 5.41) is 9.68. The first kappa shape index (κ1) is 16.5. The summed E-state index contributed by atoms with van der Waals surface area (Å²) >= 11 is 6.10.